The molecule has 1 unspecified atom stereocenters. The van der Waals surface area contributed by atoms with E-state index in [0.717, 1.165) is 24.2 Å². The maximum absolute atomic E-state index is 11.4. The third kappa shape index (κ3) is 1.77. The Morgan fingerprint density at radius 2 is 2.35 bits per heavy atom. The molecule has 0 bridgehead atoms. The lowest BCUT2D eigenvalue weighted by Crippen LogP contribution is -2.34. The minimum absolute atomic E-state index is 0.179. The summed E-state index contributed by atoms with van der Waals surface area (Å²) in [6, 6.07) is 6.00. The molecule has 0 saturated carbocycles. The Morgan fingerprint density at radius 1 is 1.47 bits per heavy atom. The number of aryl methyl sites for hydroxylation is 1. The number of morpholine rings is 1. The highest BCUT2D eigenvalue weighted by atomic mass is 16.5. The Morgan fingerprint density at radius 3 is 3.12 bits per heavy atom. The molecular weight excluding hydrogens is 220 g/mol. The van der Waals surface area contributed by atoms with Crippen LogP contribution in [0, 0.1) is 0 Å². The summed E-state index contributed by atoms with van der Waals surface area (Å²) in [6.07, 6.45) is 0. The van der Waals surface area contributed by atoms with Gasteiger partial charge in [-0.05, 0) is 17.7 Å². The predicted molar refractivity (Wildman–Crippen MR) is 63.0 cm³/mol. The van der Waals surface area contributed by atoms with Crippen molar-refractivity contribution in [3.05, 3.63) is 34.3 Å². The largest absolute Gasteiger partial charge is 0.419 e. The van der Waals surface area contributed by atoms with Crippen LogP contribution in [0.1, 0.15) is 11.6 Å². The first-order valence-corrected chi connectivity index (χ1v) is 5.66. The second-order valence-electron chi connectivity index (χ2n) is 4.24. The van der Waals surface area contributed by atoms with E-state index < -0.39 is 0 Å². The van der Waals surface area contributed by atoms with E-state index in [9.17, 15) is 4.79 Å². The number of fused-ring (bicyclic) bond motifs is 1. The van der Waals surface area contributed by atoms with Crippen LogP contribution in [-0.4, -0.2) is 24.3 Å². The van der Waals surface area contributed by atoms with Gasteiger partial charge >= 0.3 is 5.76 Å². The lowest BCUT2D eigenvalue weighted by Gasteiger charge is -2.23. The minimum Gasteiger partial charge on any atom is -0.408 e. The normalized spacial score (nSPS) is 20.9. The fraction of sp³-hybridized carbons (Fsp3) is 0.417. The standard InChI is InChI=1S/C12H14N2O3/c1-14-10-3-2-8(6-11(10)17-12(14)15)9-7-16-5-4-13-9/h2-3,6,9,13H,4-5,7H2,1H3. The maximum atomic E-state index is 11.4. The van der Waals surface area contributed by atoms with E-state index in [4.69, 9.17) is 9.15 Å². The van der Waals surface area contributed by atoms with Gasteiger partial charge in [-0.25, -0.2) is 4.79 Å². The van der Waals surface area contributed by atoms with Crippen LogP contribution in [-0.2, 0) is 11.8 Å². The van der Waals surface area contributed by atoms with Crippen molar-refractivity contribution >= 4 is 11.1 Å². The van der Waals surface area contributed by atoms with Gasteiger partial charge in [0.2, 0.25) is 0 Å². The molecule has 1 saturated heterocycles. The van der Waals surface area contributed by atoms with E-state index in [1.165, 1.54) is 4.57 Å². The van der Waals surface area contributed by atoms with Crippen LogP contribution in [0.2, 0.25) is 0 Å². The quantitative estimate of drug-likeness (QED) is 0.792. The summed E-state index contributed by atoms with van der Waals surface area (Å²) in [4.78, 5) is 11.4. The molecule has 1 aromatic heterocycles. The Kier molecular flexibility index (Phi) is 2.49. The van der Waals surface area contributed by atoms with Gasteiger partial charge in [0.15, 0.2) is 5.58 Å². The zero-order chi connectivity index (χ0) is 11.8. The highest BCUT2D eigenvalue weighted by molar-refractivity contribution is 5.73. The van der Waals surface area contributed by atoms with Crippen molar-refractivity contribution in [3.63, 3.8) is 0 Å². The van der Waals surface area contributed by atoms with Crippen molar-refractivity contribution in [2.75, 3.05) is 19.8 Å². The van der Waals surface area contributed by atoms with Crippen molar-refractivity contribution < 1.29 is 9.15 Å². The molecule has 1 N–H and O–H groups in total. The zero-order valence-electron chi connectivity index (χ0n) is 9.60. The molecule has 1 aromatic carbocycles. The summed E-state index contributed by atoms with van der Waals surface area (Å²) in [5, 5.41) is 3.37. The fourth-order valence-electron chi connectivity index (χ4n) is 2.15. The minimum atomic E-state index is -0.329. The van der Waals surface area contributed by atoms with E-state index in [1.54, 1.807) is 7.05 Å². The number of nitrogens with zero attached hydrogens (tertiary/aromatic N) is 1. The molecule has 17 heavy (non-hydrogen) atoms. The van der Waals surface area contributed by atoms with Crippen LogP contribution in [0.25, 0.3) is 11.1 Å². The van der Waals surface area contributed by atoms with Gasteiger partial charge in [0.05, 0.1) is 24.8 Å². The van der Waals surface area contributed by atoms with Crippen LogP contribution < -0.4 is 11.1 Å². The van der Waals surface area contributed by atoms with Crippen LogP contribution in [0.5, 0.6) is 0 Å². The van der Waals surface area contributed by atoms with Crippen molar-refractivity contribution in [1.82, 2.24) is 9.88 Å². The Bertz CT molecular complexity index is 593. The van der Waals surface area contributed by atoms with Gasteiger partial charge in [0, 0.05) is 13.6 Å². The summed E-state index contributed by atoms with van der Waals surface area (Å²) in [6.45, 7) is 2.25. The second kappa shape index (κ2) is 4.01. The van der Waals surface area contributed by atoms with Crippen LogP contribution in [0.4, 0.5) is 0 Å². The highest BCUT2D eigenvalue weighted by Gasteiger charge is 2.16. The Hall–Kier alpha value is -1.59. The van der Waals surface area contributed by atoms with Crippen molar-refractivity contribution in [1.29, 1.82) is 0 Å². The summed E-state index contributed by atoms with van der Waals surface area (Å²) >= 11 is 0. The van der Waals surface area contributed by atoms with Crippen molar-refractivity contribution in [2.24, 2.45) is 7.05 Å². The second-order valence-corrected chi connectivity index (χ2v) is 4.24. The lowest BCUT2D eigenvalue weighted by atomic mass is 10.1. The topological polar surface area (TPSA) is 56.4 Å². The zero-order valence-corrected chi connectivity index (χ0v) is 9.60. The molecule has 0 radical (unpaired) electrons. The molecule has 5 heteroatoms. The smallest absolute Gasteiger partial charge is 0.408 e. The maximum Gasteiger partial charge on any atom is 0.419 e. The molecule has 1 fully saturated rings. The van der Waals surface area contributed by atoms with Gasteiger partial charge in [0.25, 0.3) is 0 Å². The number of benzene rings is 1. The molecule has 1 atom stereocenters. The third-order valence-electron chi connectivity index (χ3n) is 3.14. The number of aromatic nitrogens is 1. The SMILES string of the molecule is Cn1c(=O)oc2cc(C3COCCN3)ccc21. The predicted octanol–water partition coefficient (Wildman–Crippen LogP) is 0.792. The first kappa shape index (κ1) is 10.6. The summed E-state index contributed by atoms with van der Waals surface area (Å²) in [5.74, 6) is -0.329. The number of rotatable bonds is 1. The van der Waals surface area contributed by atoms with Crippen molar-refractivity contribution in [3.8, 4) is 0 Å². The Labute approximate surface area is 98.0 Å². The van der Waals surface area contributed by atoms with E-state index in [0.29, 0.717) is 12.2 Å². The summed E-state index contributed by atoms with van der Waals surface area (Å²) < 4.78 is 12.1. The molecule has 0 aliphatic carbocycles. The fourth-order valence-corrected chi connectivity index (χ4v) is 2.15. The molecule has 2 aromatic rings. The molecule has 3 rings (SSSR count). The molecule has 1 aliphatic heterocycles. The average Bonchev–Trinajstić information content (AvgIpc) is 2.66. The molecule has 5 nitrogen and oxygen atoms in total. The van der Waals surface area contributed by atoms with Crippen LogP contribution in [0.3, 0.4) is 0 Å². The van der Waals surface area contributed by atoms with Gasteiger partial charge in [-0.1, -0.05) is 6.07 Å². The third-order valence-corrected chi connectivity index (χ3v) is 3.14. The average molecular weight is 234 g/mol. The first-order chi connectivity index (χ1) is 8.25. The molecular formula is C12H14N2O3. The number of hydrogen-bond acceptors (Lipinski definition) is 4. The number of ether oxygens (including phenoxy) is 1. The van der Waals surface area contributed by atoms with E-state index in [2.05, 4.69) is 5.32 Å². The van der Waals surface area contributed by atoms with Crippen LogP contribution >= 0.6 is 0 Å². The highest BCUT2D eigenvalue weighted by Crippen LogP contribution is 2.21. The van der Waals surface area contributed by atoms with Gasteiger partial charge in [0.1, 0.15) is 0 Å². The molecule has 1 aliphatic rings. The molecule has 0 spiro atoms. The molecule has 90 valence electrons. The summed E-state index contributed by atoms with van der Waals surface area (Å²) in [7, 11) is 1.70. The number of hydrogen-bond donors (Lipinski definition) is 1. The van der Waals surface area contributed by atoms with E-state index in [1.807, 2.05) is 18.2 Å². The van der Waals surface area contributed by atoms with Gasteiger partial charge in [-0.3, -0.25) is 4.57 Å². The van der Waals surface area contributed by atoms with Gasteiger partial charge in [-0.2, -0.15) is 0 Å². The van der Waals surface area contributed by atoms with Crippen LogP contribution in [0.15, 0.2) is 27.4 Å². The van der Waals surface area contributed by atoms with Gasteiger partial charge < -0.3 is 14.5 Å². The Balaban J connectivity index is 2.04. The van der Waals surface area contributed by atoms with E-state index >= 15 is 0 Å². The van der Waals surface area contributed by atoms with Gasteiger partial charge in [-0.15, -0.1) is 0 Å². The van der Waals surface area contributed by atoms with Crippen molar-refractivity contribution in [2.45, 2.75) is 6.04 Å². The number of nitrogens with one attached hydrogen (secondary N) is 1. The summed E-state index contributed by atoms with van der Waals surface area (Å²) in [5.41, 5.74) is 2.53. The molecule has 0 amide bonds. The molecule has 2 heterocycles. The monoisotopic (exact) mass is 234 g/mol. The van der Waals surface area contributed by atoms with E-state index in [-0.39, 0.29) is 11.8 Å². The first-order valence-electron chi connectivity index (χ1n) is 5.66. The number of oxazole rings is 1. The lowest BCUT2D eigenvalue weighted by molar-refractivity contribution is 0.0769.